The molecule has 1 aromatic heterocycles. The average molecular weight is 650 g/mol. The maximum Gasteiger partial charge on any atom is 0.434 e. The number of benzene rings is 3. The van der Waals surface area contributed by atoms with E-state index in [-0.39, 0.29) is 27.9 Å². The van der Waals surface area contributed by atoms with Crippen molar-refractivity contribution in [1.29, 1.82) is 0 Å². The van der Waals surface area contributed by atoms with Crippen molar-refractivity contribution in [3.05, 3.63) is 95.3 Å². The number of sulfone groups is 1. The Bertz CT molecular complexity index is 1920. The summed E-state index contributed by atoms with van der Waals surface area (Å²) in [4.78, 5) is 8.42. The molecule has 2 unspecified atom stereocenters. The first-order valence-corrected chi connectivity index (χ1v) is 15.3. The second-order valence-corrected chi connectivity index (χ2v) is 13.0. The molecule has 3 aromatic carbocycles. The van der Waals surface area contributed by atoms with Gasteiger partial charge in [-0.05, 0) is 72.9 Å². The van der Waals surface area contributed by atoms with Crippen LogP contribution in [0.3, 0.4) is 0 Å². The molecule has 1 saturated carbocycles. The number of halogens is 6. The largest absolute Gasteiger partial charge is 0.471 e. The maximum atomic E-state index is 14.8. The van der Waals surface area contributed by atoms with Crippen LogP contribution in [0.1, 0.15) is 54.6 Å². The van der Waals surface area contributed by atoms with E-state index in [9.17, 15) is 34.8 Å². The average Bonchev–Trinajstić information content (AvgIpc) is 3.67. The standard InChI is InChI=1S/C31H25F6N3O4S/c1-16-38-27(31(35,36)37)15-40(16)25-10-6-19(18-4-3-5-22(12-18)45(41,42)21-8-9-21)13-23(25)28-29(43-17(2)39-28)20-7-11-26(24(32)14-20)44-30(33)34/h3-7,10-15,21,28-30H,8-9H2,1-2H3. The summed E-state index contributed by atoms with van der Waals surface area (Å²) in [6, 6.07) is 13.7. The highest BCUT2D eigenvalue weighted by Gasteiger charge is 2.38. The number of hydrogen-bond donors (Lipinski definition) is 0. The highest BCUT2D eigenvalue weighted by Crippen LogP contribution is 2.45. The van der Waals surface area contributed by atoms with Crippen LogP contribution in [0, 0.1) is 12.7 Å². The molecule has 1 aliphatic heterocycles. The third-order valence-electron chi connectivity index (χ3n) is 7.64. The summed E-state index contributed by atoms with van der Waals surface area (Å²) in [5, 5.41) is -0.427. The summed E-state index contributed by atoms with van der Waals surface area (Å²) in [6.07, 6.45) is -3.68. The second-order valence-electron chi connectivity index (χ2n) is 10.8. The lowest BCUT2D eigenvalue weighted by atomic mass is 9.92. The Morgan fingerprint density at radius 1 is 1.00 bits per heavy atom. The lowest BCUT2D eigenvalue weighted by Crippen LogP contribution is -2.12. The van der Waals surface area contributed by atoms with Crippen molar-refractivity contribution in [3.8, 4) is 22.6 Å². The predicted octanol–water partition coefficient (Wildman–Crippen LogP) is 7.77. The van der Waals surface area contributed by atoms with Gasteiger partial charge in [0.15, 0.2) is 39.1 Å². The summed E-state index contributed by atoms with van der Waals surface area (Å²) in [5.41, 5.74) is 0.832. The molecule has 0 saturated heterocycles. The lowest BCUT2D eigenvalue weighted by Gasteiger charge is -2.23. The molecule has 7 nitrogen and oxygen atoms in total. The Labute approximate surface area is 254 Å². The van der Waals surface area contributed by atoms with E-state index in [1.165, 1.54) is 23.6 Å². The third kappa shape index (κ3) is 6.02. The summed E-state index contributed by atoms with van der Waals surface area (Å²) in [7, 11) is -3.51. The topological polar surface area (TPSA) is 82.8 Å². The van der Waals surface area contributed by atoms with Crippen molar-refractivity contribution in [2.75, 3.05) is 0 Å². The monoisotopic (exact) mass is 649 g/mol. The summed E-state index contributed by atoms with van der Waals surface area (Å²) >= 11 is 0. The SMILES string of the molecule is CC1=NC(c2cc(-c3cccc(S(=O)(=O)C4CC4)c3)ccc2-n2cc(C(F)(F)F)nc2C)C(c2ccc(OC(F)F)c(F)c2)O1. The van der Waals surface area contributed by atoms with Crippen molar-refractivity contribution >= 4 is 15.7 Å². The van der Waals surface area contributed by atoms with Crippen LogP contribution in [0.5, 0.6) is 5.75 Å². The van der Waals surface area contributed by atoms with Crippen molar-refractivity contribution < 1.29 is 44.2 Å². The number of ether oxygens (including phenoxy) is 2. The van der Waals surface area contributed by atoms with Gasteiger partial charge in [-0.15, -0.1) is 0 Å². The molecule has 2 heterocycles. The molecule has 2 aliphatic rings. The Morgan fingerprint density at radius 2 is 1.73 bits per heavy atom. The molecule has 1 aliphatic carbocycles. The van der Waals surface area contributed by atoms with E-state index in [2.05, 4.69) is 14.7 Å². The van der Waals surface area contributed by atoms with Crippen molar-refractivity contribution in [2.24, 2.45) is 4.99 Å². The minimum atomic E-state index is -4.71. The van der Waals surface area contributed by atoms with Gasteiger partial charge in [-0.25, -0.2) is 22.8 Å². The van der Waals surface area contributed by atoms with Crippen LogP contribution in [0.25, 0.3) is 16.8 Å². The third-order valence-corrected chi connectivity index (χ3v) is 9.90. The molecule has 2 atom stereocenters. The van der Waals surface area contributed by atoms with Gasteiger partial charge in [-0.3, -0.25) is 0 Å². The van der Waals surface area contributed by atoms with E-state index in [4.69, 9.17) is 4.74 Å². The highest BCUT2D eigenvalue weighted by atomic mass is 32.2. The van der Waals surface area contributed by atoms with Crippen molar-refractivity contribution in [1.82, 2.24) is 9.55 Å². The number of aromatic nitrogens is 2. The lowest BCUT2D eigenvalue weighted by molar-refractivity contribution is -0.141. The molecular formula is C31H25F6N3O4S. The Kier molecular flexibility index (Phi) is 7.66. The van der Waals surface area contributed by atoms with E-state index in [1.807, 2.05) is 0 Å². The van der Waals surface area contributed by atoms with Crippen LogP contribution in [0.4, 0.5) is 26.3 Å². The Morgan fingerprint density at radius 3 is 2.38 bits per heavy atom. The van der Waals surface area contributed by atoms with Crippen LogP contribution in [0.15, 0.2) is 76.7 Å². The molecule has 14 heteroatoms. The first kappa shape index (κ1) is 30.7. The van der Waals surface area contributed by atoms with Gasteiger partial charge >= 0.3 is 12.8 Å². The summed E-state index contributed by atoms with van der Waals surface area (Å²) in [6.45, 7) is -0.278. The number of aryl methyl sites for hydroxylation is 1. The number of rotatable bonds is 8. The maximum absolute atomic E-state index is 14.8. The van der Waals surface area contributed by atoms with Crippen molar-refractivity contribution in [2.45, 2.75) is 61.8 Å². The molecule has 4 aromatic rings. The van der Waals surface area contributed by atoms with E-state index >= 15 is 0 Å². The summed E-state index contributed by atoms with van der Waals surface area (Å²) < 4.78 is 118. The van der Waals surface area contributed by atoms with Crippen LogP contribution in [0.2, 0.25) is 0 Å². The molecule has 0 radical (unpaired) electrons. The molecule has 0 spiro atoms. The molecular weight excluding hydrogens is 624 g/mol. The molecule has 0 N–H and O–H groups in total. The number of aliphatic imine (C=N–C) groups is 1. The number of imidazole rings is 1. The van der Waals surface area contributed by atoms with Gasteiger partial charge in [0, 0.05) is 18.7 Å². The highest BCUT2D eigenvalue weighted by molar-refractivity contribution is 7.92. The Balaban J connectivity index is 1.49. The van der Waals surface area contributed by atoms with E-state index in [0.29, 0.717) is 29.5 Å². The quantitative estimate of drug-likeness (QED) is 0.182. The summed E-state index contributed by atoms with van der Waals surface area (Å²) in [5.74, 6) is -1.50. The van der Waals surface area contributed by atoms with Gasteiger partial charge in [0.2, 0.25) is 0 Å². The van der Waals surface area contributed by atoms with Crippen LogP contribution in [-0.2, 0) is 20.8 Å². The predicted molar refractivity (Wildman–Crippen MR) is 152 cm³/mol. The van der Waals surface area contributed by atoms with E-state index in [1.54, 1.807) is 43.3 Å². The number of alkyl halides is 5. The number of nitrogens with zero attached hydrogens (tertiary/aromatic N) is 3. The first-order valence-electron chi connectivity index (χ1n) is 13.8. The van der Waals surface area contributed by atoms with E-state index in [0.717, 1.165) is 18.3 Å². The van der Waals surface area contributed by atoms with E-state index < -0.39 is 57.3 Å². The fourth-order valence-electron chi connectivity index (χ4n) is 5.38. The molecule has 45 heavy (non-hydrogen) atoms. The Hall–Kier alpha value is -4.33. The zero-order valence-electron chi connectivity index (χ0n) is 23.7. The number of hydrogen-bond acceptors (Lipinski definition) is 6. The van der Waals surface area contributed by atoms with Gasteiger partial charge in [0.1, 0.15) is 11.9 Å². The smallest absolute Gasteiger partial charge is 0.434 e. The fourth-order valence-corrected chi connectivity index (χ4v) is 7.08. The normalized spacial score (nSPS) is 18.6. The minimum absolute atomic E-state index is 0.0320. The van der Waals surface area contributed by atoms with Gasteiger partial charge in [0.05, 0.1) is 15.8 Å². The molecule has 6 rings (SSSR count). The molecule has 1 fully saturated rings. The van der Waals surface area contributed by atoms with Gasteiger partial charge < -0.3 is 14.0 Å². The van der Waals surface area contributed by atoms with Crippen LogP contribution < -0.4 is 4.74 Å². The zero-order chi connectivity index (χ0) is 32.3. The molecule has 0 amide bonds. The van der Waals surface area contributed by atoms with Gasteiger partial charge in [-0.1, -0.05) is 24.3 Å². The van der Waals surface area contributed by atoms with Gasteiger partial charge in [-0.2, -0.15) is 22.0 Å². The zero-order valence-corrected chi connectivity index (χ0v) is 24.5. The second kappa shape index (κ2) is 11.2. The minimum Gasteiger partial charge on any atom is -0.471 e. The van der Waals surface area contributed by atoms with Gasteiger partial charge in [0.25, 0.3) is 0 Å². The van der Waals surface area contributed by atoms with Crippen LogP contribution in [-0.4, -0.2) is 35.7 Å². The fraction of sp³-hybridized carbons (Fsp3) is 0.290. The first-order chi connectivity index (χ1) is 21.2. The molecule has 0 bridgehead atoms. The van der Waals surface area contributed by atoms with Crippen LogP contribution >= 0.6 is 0 Å². The van der Waals surface area contributed by atoms with Crippen molar-refractivity contribution in [3.63, 3.8) is 0 Å². The molecule has 236 valence electrons.